The lowest BCUT2D eigenvalue weighted by atomic mass is 10.1. The second-order valence-electron chi connectivity index (χ2n) is 7.46. The highest BCUT2D eigenvalue weighted by molar-refractivity contribution is 6.30. The normalized spacial score (nSPS) is 16.7. The van der Waals surface area contributed by atoms with Crippen LogP contribution < -0.4 is 10.9 Å². The third-order valence-electron chi connectivity index (χ3n) is 5.28. The van der Waals surface area contributed by atoms with Crippen LogP contribution in [0.5, 0.6) is 0 Å². The zero-order valence-corrected chi connectivity index (χ0v) is 17.8. The van der Waals surface area contributed by atoms with Crippen molar-refractivity contribution in [2.24, 2.45) is 0 Å². The summed E-state index contributed by atoms with van der Waals surface area (Å²) in [5, 5.41) is 17.3. The molecule has 1 aromatic heterocycles. The number of amides is 1. The molecule has 2 atom stereocenters. The van der Waals surface area contributed by atoms with Crippen molar-refractivity contribution in [2.45, 2.75) is 25.0 Å². The Morgan fingerprint density at radius 1 is 1.28 bits per heavy atom. The van der Waals surface area contributed by atoms with Gasteiger partial charge in [0, 0.05) is 17.2 Å². The number of nitrogens with zero attached hydrogens (tertiary/aromatic N) is 2. The smallest absolute Gasteiger partial charge is 0.284 e. The Kier molecular flexibility index (Phi) is 6.64. The van der Waals surface area contributed by atoms with Crippen molar-refractivity contribution in [2.75, 3.05) is 13.2 Å². The van der Waals surface area contributed by atoms with Crippen LogP contribution in [0.1, 0.15) is 23.2 Å². The summed E-state index contributed by atoms with van der Waals surface area (Å²) >= 11 is 5.97. The number of aromatic nitrogens is 2. The van der Waals surface area contributed by atoms with Gasteiger partial charge >= 0.3 is 0 Å². The van der Waals surface area contributed by atoms with Crippen LogP contribution in [-0.4, -0.2) is 46.2 Å². The second-order valence-corrected chi connectivity index (χ2v) is 7.90. The van der Waals surface area contributed by atoms with Crippen molar-refractivity contribution in [3.05, 3.63) is 81.4 Å². The van der Waals surface area contributed by atoms with Crippen LogP contribution in [0.2, 0.25) is 5.02 Å². The molecule has 1 fully saturated rings. The van der Waals surface area contributed by atoms with Crippen molar-refractivity contribution >= 4 is 17.5 Å². The van der Waals surface area contributed by atoms with Gasteiger partial charge in [0.05, 0.1) is 30.1 Å². The minimum atomic E-state index is -0.713. The lowest BCUT2D eigenvalue weighted by Gasteiger charge is -2.22. The lowest BCUT2D eigenvalue weighted by molar-refractivity contribution is 0.0502. The van der Waals surface area contributed by atoms with Crippen LogP contribution in [-0.2, 0) is 4.74 Å². The predicted octanol–water partition coefficient (Wildman–Crippen LogP) is 2.96. The fourth-order valence-electron chi connectivity index (χ4n) is 3.62. The molecule has 4 rings (SSSR count). The summed E-state index contributed by atoms with van der Waals surface area (Å²) in [5.74, 6) is -1.22. The number of carbonyl (C=O) groups excluding carboxylic acids is 1. The molecule has 9 heteroatoms. The number of ether oxygens (including phenoxy) is 1. The highest BCUT2D eigenvalue weighted by Crippen LogP contribution is 2.21. The van der Waals surface area contributed by atoms with Crippen molar-refractivity contribution < 1.29 is 19.0 Å². The van der Waals surface area contributed by atoms with E-state index in [4.69, 9.17) is 16.3 Å². The average molecular weight is 458 g/mol. The second kappa shape index (κ2) is 9.60. The molecular formula is C23H21ClFN3O4. The first-order chi connectivity index (χ1) is 15.5. The minimum absolute atomic E-state index is 0.178. The Labute approximate surface area is 188 Å². The Balaban J connectivity index is 1.78. The highest BCUT2D eigenvalue weighted by Gasteiger charge is 2.28. The molecule has 0 radical (unpaired) electrons. The van der Waals surface area contributed by atoms with E-state index in [-0.39, 0.29) is 24.0 Å². The molecule has 1 amide bonds. The van der Waals surface area contributed by atoms with Crippen molar-refractivity contribution in [3.63, 3.8) is 0 Å². The van der Waals surface area contributed by atoms with Crippen LogP contribution >= 0.6 is 11.6 Å². The number of carbonyl (C=O) groups is 1. The maximum absolute atomic E-state index is 13.8. The Hall–Kier alpha value is -3.07. The van der Waals surface area contributed by atoms with Gasteiger partial charge in [-0.25, -0.2) is 4.39 Å². The molecule has 166 valence electrons. The van der Waals surface area contributed by atoms with Gasteiger partial charge in [0.15, 0.2) is 0 Å². The first kappa shape index (κ1) is 22.1. The molecule has 3 aromatic rings. The fourth-order valence-corrected chi connectivity index (χ4v) is 3.75. The van der Waals surface area contributed by atoms with Gasteiger partial charge in [0.25, 0.3) is 11.5 Å². The van der Waals surface area contributed by atoms with Crippen molar-refractivity contribution in [1.82, 2.24) is 15.1 Å². The third kappa shape index (κ3) is 4.72. The summed E-state index contributed by atoms with van der Waals surface area (Å²) in [4.78, 5) is 26.2. The van der Waals surface area contributed by atoms with Gasteiger partial charge < -0.3 is 15.2 Å². The highest BCUT2D eigenvalue weighted by atomic mass is 35.5. The molecule has 1 saturated heterocycles. The van der Waals surface area contributed by atoms with E-state index < -0.39 is 23.3 Å². The maximum atomic E-state index is 13.8. The number of hydrogen-bond donors (Lipinski definition) is 2. The molecule has 0 aliphatic carbocycles. The molecule has 0 spiro atoms. The van der Waals surface area contributed by atoms with Crippen LogP contribution in [0.3, 0.4) is 0 Å². The van der Waals surface area contributed by atoms with Crippen LogP contribution in [0.4, 0.5) is 4.39 Å². The SMILES string of the molecule is O=C(NC(CO)C1CCCO1)c1cc(-c2ccc(Cl)cc2)nn(-c2cccc(F)c2)c1=O. The van der Waals surface area contributed by atoms with Gasteiger partial charge in [-0.2, -0.15) is 9.78 Å². The first-order valence-electron chi connectivity index (χ1n) is 10.2. The third-order valence-corrected chi connectivity index (χ3v) is 5.53. The Bertz CT molecular complexity index is 1180. The molecule has 2 unspecified atom stereocenters. The molecule has 0 saturated carbocycles. The quantitative estimate of drug-likeness (QED) is 0.593. The monoisotopic (exact) mass is 457 g/mol. The molecule has 7 nitrogen and oxygen atoms in total. The molecule has 1 aliphatic rings. The number of halogens is 2. The van der Waals surface area contributed by atoms with Gasteiger partial charge in [0.1, 0.15) is 11.4 Å². The van der Waals surface area contributed by atoms with Gasteiger partial charge in [-0.1, -0.05) is 29.8 Å². The topological polar surface area (TPSA) is 93.4 Å². The van der Waals surface area contributed by atoms with E-state index in [1.54, 1.807) is 24.3 Å². The minimum Gasteiger partial charge on any atom is -0.394 e. The standard InChI is InChI=1S/C23H21ClFN3O4/c24-15-8-6-14(7-9-15)19-12-18(22(30)26-20(13-29)21-5-2-10-32-21)23(31)28(27-19)17-4-1-3-16(25)11-17/h1,3-4,6-9,11-12,20-21,29H,2,5,10,13H2,(H,26,30). The van der Waals surface area contributed by atoms with Gasteiger partial charge in [-0.05, 0) is 49.2 Å². The van der Waals surface area contributed by atoms with Crippen molar-refractivity contribution in [3.8, 4) is 16.9 Å². The number of nitrogens with one attached hydrogen (secondary N) is 1. The van der Waals surface area contributed by atoms with E-state index in [2.05, 4.69) is 10.4 Å². The largest absolute Gasteiger partial charge is 0.394 e. The summed E-state index contributed by atoms with van der Waals surface area (Å²) in [6, 6.07) is 12.8. The first-order valence-corrected chi connectivity index (χ1v) is 10.5. The van der Waals surface area contributed by atoms with E-state index in [1.807, 2.05) is 0 Å². The molecule has 2 heterocycles. The van der Waals surface area contributed by atoms with E-state index >= 15 is 0 Å². The maximum Gasteiger partial charge on any atom is 0.284 e. The van der Waals surface area contributed by atoms with Crippen molar-refractivity contribution in [1.29, 1.82) is 0 Å². The van der Waals surface area contributed by atoms with Crippen LogP contribution in [0.25, 0.3) is 16.9 Å². The van der Waals surface area contributed by atoms with Gasteiger partial charge in [0.2, 0.25) is 0 Å². The zero-order valence-electron chi connectivity index (χ0n) is 17.0. The summed E-state index contributed by atoms with van der Waals surface area (Å²) < 4.78 is 20.4. The summed E-state index contributed by atoms with van der Waals surface area (Å²) in [5.41, 5.74) is 0.220. The average Bonchev–Trinajstić information content (AvgIpc) is 3.33. The van der Waals surface area contributed by atoms with Crippen LogP contribution in [0, 0.1) is 5.82 Å². The molecule has 0 bridgehead atoms. The molecule has 32 heavy (non-hydrogen) atoms. The Morgan fingerprint density at radius 3 is 2.72 bits per heavy atom. The molecular weight excluding hydrogens is 437 g/mol. The number of hydrogen-bond acceptors (Lipinski definition) is 5. The number of aliphatic hydroxyl groups is 1. The van der Waals surface area contributed by atoms with E-state index in [0.29, 0.717) is 29.3 Å². The van der Waals surface area contributed by atoms with E-state index in [0.717, 1.165) is 17.2 Å². The molecule has 1 aliphatic heterocycles. The number of aliphatic hydroxyl groups excluding tert-OH is 1. The predicted molar refractivity (Wildman–Crippen MR) is 118 cm³/mol. The summed E-state index contributed by atoms with van der Waals surface area (Å²) in [7, 11) is 0. The van der Waals surface area contributed by atoms with E-state index in [1.165, 1.54) is 24.3 Å². The summed E-state index contributed by atoms with van der Waals surface area (Å²) in [6.07, 6.45) is 1.21. The zero-order chi connectivity index (χ0) is 22.7. The molecule has 2 N–H and O–H groups in total. The fraction of sp³-hybridized carbons (Fsp3) is 0.261. The van der Waals surface area contributed by atoms with E-state index in [9.17, 15) is 19.1 Å². The van der Waals surface area contributed by atoms with Gasteiger partial charge in [-0.15, -0.1) is 0 Å². The van der Waals surface area contributed by atoms with Crippen LogP contribution in [0.15, 0.2) is 59.4 Å². The van der Waals surface area contributed by atoms with Gasteiger partial charge in [-0.3, -0.25) is 9.59 Å². The Morgan fingerprint density at radius 2 is 2.06 bits per heavy atom. The summed E-state index contributed by atoms with van der Waals surface area (Å²) in [6.45, 7) is 0.225. The number of benzene rings is 2. The molecule has 2 aromatic carbocycles. The lowest BCUT2D eigenvalue weighted by Crippen LogP contribution is -2.47. The number of rotatable bonds is 6.